The first-order chi connectivity index (χ1) is 8.70. The molecule has 0 aromatic heterocycles. The smallest absolute Gasteiger partial charge is 0.122 e. The zero-order chi connectivity index (χ0) is 13.9. The fourth-order valence-corrected chi connectivity index (χ4v) is 1.54. The van der Waals surface area contributed by atoms with Crippen LogP contribution in [0.5, 0.6) is 0 Å². The Balaban J connectivity index is 0.00000137. The molecule has 0 saturated carbocycles. The van der Waals surface area contributed by atoms with E-state index in [1.165, 1.54) is 0 Å². The molecular formula is C14H29N3O. The molecule has 1 aliphatic rings. The molecule has 1 rings (SSSR count). The van der Waals surface area contributed by atoms with Crippen LogP contribution in [0.25, 0.3) is 0 Å². The summed E-state index contributed by atoms with van der Waals surface area (Å²) in [6.45, 7) is 10.6. The average Bonchev–Trinajstić information content (AvgIpc) is 2.42. The highest BCUT2D eigenvalue weighted by Gasteiger charge is 2.25. The van der Waals surface area contributed by atoms with Gasteiger partial charge in [0.15, 0.2) is 0 Å². The molecule has 0 fully saturated rings. The Morgan fingerprint density at radius 1 is 1.39 bits per heavy atom. The second-order valence-electron chi connectivity index (χ2n) is 4.32. The van der Waals surface area contributed by atoms with Crippen molar-refractivity contribution in [3.63, 3.8) is 0 Å². The first-order valence-corrected chi connectivity index (χ1v) is 7.07. The molecule has 1 unspecified atom stereocenters. The second kappa shape index (κ2) is 10.2. The Bertz CT molecular complexity index is 264. The molecule has 106 valence electrons. The molecule has 0 amide bonds. The number of ether oxygens (including phenoxy) is 1. The van der Waals surface area contributed by atoms with Crippen LogP contribution >= 0.6 is 0 Å². The zero-order valence-electron chi connectivity index (χ0n) is 12.6. The van der Waals surface area contributed by atoms with Crippen molar-refractivity contribution >= 4 is 12.1 Å². The number of hydrogen-bond donors (Lipinski definition) is 1. The van der Waals surface area contributed by atoms with E-state index in [0.29, 0.717) is 6.54 Å². The van der Waals surface area contributed by atoms with Crippen molar-refractivity contribution in [1.82, 2.24) is 5.32 Å². The van der Waals surface area contributed by atoms with E-state index >= 15 is 0 Å². The molecule has 0 spiro atoms. The molecule has 1 aliphatic heterocycles. The topological polar surface area (TPSA) is 46.0 Å². The van der Waals surface area contributed by atoms with Gasteiger partial charge in [0, 0.05) is 19.2 Å². The van der Waals surface area contributed by atoms with Crippen LogP contribution in [-0.2, 0) is 4.74 Å². The first kappa shape index (κ1) is 17.3. The third-order valence-electron chi connectivity index (χ3n) is 2.63. The summed E-state index contributed by atoms with van der Waals surface area (Å²) in [4.78, 5) is 8.70. The molecule has 1 heterocycles. The SMILES string of the molecule is CC.CCC1=NCC(C)(OCCCCNC)C=N1. The average molecular weight is 255 g/mol. The zero-order valence-corrected chi connectivity index (χ0v) is 12.6. The van der Waals surface area contributed by atoms with Gasteiger partial charge in [0.1, 0.15) is 11.4 Å². The van der Waals surface area contributed by atoms with E-state index in [2.05, 4.69) is 22.2 Å². The van der Waals surface area contributed by atoms with Crippen molar-refractivity contribution in [1.29, 1.82) is 0 Å². The summed E-state index contributed by atoms with van der Waals surface area (Å²) < 4.78 is 5.83. The lowest BCUT2D eigenvalue weighted by molar-refractivity contribution is 0.0285. The Hall–Kier alpha value is -0.740. The van der Waals surface area contributed by atoms with E-state index in [0.717, 1.165) is 38.2 Å². The molecule has 0 aliphatic carbocycles. The van der Waals surface area contributed by atoms with Gasteiger partial charge in [-0.25, -0.2) is 4.99 Å². The van der Waals surface area contributed by atoms with Crippen LogP contribution in [0.15, 0.2) is 9.98 Å². The maximum atomic E-state index is 5.83. The molecule has 18 heavy (non-hydrogen) atoms. The van der Waals surface area contributed by atoms with Crippen molar-refractivity contribution in [2.24, 2.45) is 9.98 Å². The Kier molecular flexibility index (Phi) is 9.79. The quantitative estimate of drug-likeness (QED) is 0.711. The van der Waals surface area contributed by atoms with E-state index in [1.54, 1.807) is 0 Å². The van der Waals surface area contributed by atoms with Gasteiger partial charge in [-0.2, -0.15) is 0 Å². The van der Waals surface area contributed by atoms with Crippen LogP contribution in [0.2, 0.25) is 0 Å². The maximum absolute atomic E-state index is 5.83. The van der Waals surface area contributed by atoms with Gasteiger partial charge in [0.05, 0.1) is 6.54 Å². The van der Waals surface area contributed by atoms with Gasteiger partial charge in [0.25, 0.3) is 0 Å². The van der Waals surface area contributed by atoms with Gasteiger partial charge in [-0.15, -0.1) is 0 Å². The normalized spacial score (nSPS) is 22.2. The highest BCUT2D eigenvalue weighted by molar-refractivity contribution is 5.93. The number of nitrogens with one attached hydrogen (secondary N) is 1. The fourth-order valence-electron chi connectivity index (χ4n) is 1.54. The van der Waals surface area contributed by atoms with Crippen molar-refractivity contribution in [3.05, 3.63) is 0 Å². The number of rotatable bonds is 7. The molecule has 4 heteroatoms. The Morgan fingerprint density at radius 3 is 2.61 bits per heavy atom. The van der Waals surface area contributed by atoms with Crippen LogP contribution in [0.3, 0.4) is 0 Å². The van der Waals surface area contributed by atoms with Crippen molar-refractivity contribution in [2.45, 2.75) is 52.6 Å². The summed E-state index contributed by atoms with van der Waals surface area (Å²) in [5, 5.41) is 3.13. The molecule has 0 bridgehead atoms. The van der Waals surface area contributed by atoms with Gasteiger partial charge in [-0.3, -0.25) is 4.99 Å². The molecular weight excluding hydrogens is 226 g/mol. The van der Waals surface area contributed by atoms with Gasteiger partial charge in [-0.1, -0.05) is 20.8 Å². The third-order valence-corrected chi connectivity index (χ3v) is 2.63. The van der Waals surface area contributed by atoms with Crippen molar-refractivity contribution in [3.8, 4) is 0 Å². The molecule has 0 saturated heterocycles. The van der Waals surface area contributed by atoms with E-state index < -0.39 is 0 Å². The minimum atomic E-state index is -0.293. The number of aliphatic imine (C=N–C) groups is 2. The number of unbranched alkanes of at least 4 members (excludes halogenated alkanes) is 1. The van der Waals surface area contributed by atoms with Crippen LogP contribution in [0, 0.1) is 0 Å². The molecule has 4 nitrogen and oxygen atoms in total. The van der Waals surface area contributed by atoms with Crippen LogP contribution in [0.1, 0.15) is 47.0 Å². The minimum absolute atomic E-state index is 0.293. The largest absolute Gasteiger partial charge is 0.368 e. The fraction of sp³-hybridized carbons (Fsp3) is 0.857. The van der Waals surface area contributed by atoms with Crippen LogP contribution in [-0.4, -0.2) is 44.4 Å². The third kappa shape index (κ3) is 6.87. The lowest BCUT2D eigenvalue weighted by atomic mass is 10.1. The lowest BCUT2D eigenvalue weighted by Gasteiger charge is -2.26. The van der Waals surface area contributed by atoms with Gasteiger partial charge >= 0.3 is 0 Å². The second-order valence-corrected chi connectivity index (χ2v) is 4.32. The van der Waals surface area contributed by atoms with E-state index in [9.17, 15) is 0 Å². The predicted molar refractivity (Wildman–Crippen MR) is 80.0 cm³/mol. The Morgan fingerprint density at radius 2 is 2.11 bits per heavy atom. The van der Waals surface area contributed by atoms with Crippen molar-refractivity contribution in [2.75, 3.05) is 26.7 Å². The summed E-state index contributed by atoms with van der Waals surface area (Å²) in [6, 6.07) is 0. The van der Waals surface area contributed by atoms with Crippen LogP contribution < -0.4 is 5.32 Å². The predicted octanol–water partition coefficient (Wildman–Crippen LogP) is 2.68. The molecule has 1 atom stereocenters. The van der Waals surface area contributed by atoms with E-state index in [-0.39, 0.29) is 5.60 Å². The summed E-state index contributed by atoms with van der Waals surface area (Å²) >= 11 is 0. The highest BCUT2D eigenvalue weighted by atomic mass is 16.5. The first-order valence-electron chi connectivity index (χ1n) is 7.07. The highest BCUT2D eigenvalue weighted by Crippen LogP contribution is 2.13. The minimum Gasteiger partial charge on any atom is -0.368 e. The van der Waals surface area contributed by atoms with Gasteiger partial charge in [0.2, 0.25) is 0 Å². The summed E-state index contributed by atoms with van der Waals surface area (Å²) in [5.74, 6) is 0.927. The lowest BCUT2D eigenvalue weighted by Crippen LogP contribution is -2.37. The van der Waals surface area contributed by atoms with Gasteiger partial charge < -0.3 is 10.1 Å². The molecule has 0 aromatic carbocycles. The van der Waals surface area contributed by atoms with E-state index in [1.807, 2.05) is 34.0 Å². The number of hydrogen-bond acceptors (Lipinski definition) is 4. The summed E-state index contributed by atoms with van der Waals surface area (Å²) in [6.07, 6.45) is 5.02. The van der Waals surface area contributed by atoms with Gasteiger partial charge in [-0.05, 0) is 33.4 Å². The standard InChI is InChI=1S/C12H23N3O.C2H6/c1-4-11-14-9-12(2,10-15-11)16-8-6-5-7-13-3;1-2/h9,13H,4-8,10H2,1-3H3;1-2H3. The monoisotopic (exact) mass is 255 g/mol. The van der Waals surface area contributed by atoms with E-state index in [4.69, 9.17) is 4.74 Å². The molecule has 1 N–H and O–H groups in total. The maximum Gasteiger partial charge on any atom is 0.122 e. The van der Waals surface area contributed by atoms with Crippen LogP contribution in [0.4, 0.5) is 0 Å². The molecule has 0 radical (unpaired) electrons. The number of amidine groups is 1. The van der Waals surface area contributed by atoms with Crippen molar-refractivity contribution < 1.29 is 4.74 Å². The Labute approximate surface area is 112 Å². The summed E-state index contributed by atoms with van der Waals surface area (Å²) in [5.41, 5.74) is -0.293. The summed E-state index contributed by atoms with van der Waals surface area (Å²) in [7, 11) is 1.97. The number of nitrogens with zero attached hydrogens (tertiary/aromatic N) is 2. The molecule has 0 aromatic rings.